The Balaban J connectivity index is 4.69. The number of rotatable bonds is 6. The van der Waals surface area contributed by atoms with Crippen LogP contribution in [0.1, 0.15) is 20.8 Å². The molecular formula is C10H23NO3S. The quantitative estimate of drug-likeness (QED) is 0.704. The fourth-order valence-electron chi connectivity index (χ4n) is 1.12. The Hall–Kier alpha value is -0.130. The van der Waals surface area contributed by atoms with E-state index in [0.29, 0.717) is 24.7 Å². The van der Waals surface area contributed by atoms with E-state index in [1.54, 1.807) is 14.2 Å². The average molecular weight is 237 g/mol. The van der Waals surface area contributed by atoms with Gasteiger partial charge >= 0.3 is 0 Å². The summed E-state index contributed by atoms with van der Waals surface area (Å²) in [5, 5.41) is 0. The highest BCUT2D eigenvalue weighted by Gasteiger charge is 2.15. The van der Waals surface area contributed by atoms with Crippen molar-refractivity contribution >= 4 is 9.73 Å². The smallest absolute Gasteiger partial charge is 0.0618 e. The number of hydrogen-bond acceptors (Lipinski definition) is 4. The lowest BCUT2D eigenvalue weighted by molar-refractivity contribution is 0.213. The maximum Gasteiger partial charge on any atom is 0.0618 e. The van der Waals surface area contributed by atoms with Gasteiger partial charge in [0.15, 0.2) is 0 Å². The van der Waals surface area contributed by atoms with E-state index >= 15 is 0 Å². The van der Waals surface area contributed by atoms with Crippen LogP contribution in [0.15, 0.2) is 4.36 Å². The Kier molecular flexibility index (Phi) is 6.40. The molecule has 0 aliphatic carbocycles. The molecule has 5 heteroatoms. The zero-order chi connectivity index (χ0) is 11.9. The molecule has 0 radical (unpaired) electrons. The monoisotopic (exact) mass is 237 g/mol. The molecule has 92 valence electrons. The van der Waals surface area contributed by atoms with Gasteiger partial charge in [-0.15, -0.1) is 0 Å². The molecule has 0 aromatic carbocycles. The predicted octanol–water partition coefficient (Wildman–Crippen LogP) is 1.55. The van der Waals surface area contributed by atoms with Crippen molar-refractivity contribution in [2.45, 2.75) is 26.3 Å². The molecule has 0 aliphatic heterocycles. The van der Waals surface area contributed by atoms with Crippen LogP contribution in [0.2, 0.25) is 0 Å². The first-order chi connectivity index (χ1) is 6.83. The predicted molar refractivity (Wildman–Crippen MR) is 63.8 cm³/mol. The molecule has 0 bridgehead atoms. The van der Waals surface area contributed by atoms with Crippen molar-refractivity contribution in [1.82, 2.24) is 0 Å². The van der Waals surface area contributed by atoms with Crippen LogP contribution in [0.25, 0.3) is 0 Å². The van der Waals surface area contributed by atoms with Gasteiger partial charge in [0.25, 0.3) is 0 Å². The normalized spacial score (nSPS) is 12.9. The van der Waals surface area contributed by atoms with E-state index in [4.69, 9.17) is 9.47 Å². The third-order valence-electron chi connectivity index (χ3n) is 1.65. The second-order valence-corrected chi connectivity index (χ2v) is 6.97. The van der Waals surface area contributed by atoms with Gasteiger partial charge in [0.1, 0.15) is 0 Å². The minimum Gasteiger partial charge on any atom is -0.384 e. The third-order valence-corrected chi connectivity index (χ3v) is 4.14. The molecule has 0 spiro atoms. The maximum absolute atomic E-state index is 12.4. The summed E-state index contributed by atoms with van der Waals surface area (Å²) in [7, 11) is 1.01. The molecule has 0 amide bonds. The Morgan fingerprint density at radius 2 is 1.47 bits per heavy atom. The molecule has 0 aliphatic rings. The van der Waals surface area contributed by atoms with Crippen molar-refractivity contribution in [3.8, 4) is 0 Å². The molecule has 0 unspecified atom stereocenters. The van der Waals surface area contributed by atoms with E-state index in [9.17, 15) is 4.21 Å². The Morgan fingerprint density at radius 3 is 1.73 bits per heavy atom. The zero-order valence-corrected chi connectivity index (χ0v) is 11.2. The molecule has 4 nitrogen and oxygen atoms in total. The molecule has 0 heterocycles. The zero-order valence-electron chi connectivity index (χ0n) is 10.4. The van der Waals surface area contributed by atoms with Crippen LogP contribution in [0.4, 0.5) is 0 Å². The van der Waals surface area contributed by atoms with Crippen molar-refractivity contribution in [1.29, 1.82) is 0 Å². The number of nitrogens with zero attached hydrogens (tertiary/aromatic N) is 1. The van der Waals surface area contributed by atoms with Gasteiger partial charge in [-0.25, -0.2) is 8.57 Å². The summed E-state index contributed by atoms with van der Waals surface area (Å²) < 4.78 is 26.7. The summed E-state index contributed by atoms with van der Waals surface area (Å²) >= 11 is 0. The van der Waals surface area contributed by atoms with Gasteiger partial charge in [0.2, 0.25) is 0 Å². The molecule has 0 saturated carbocycles. The van der Waals surface area contributed by atoms with Crippen LogP contribution in [0.5, 0.6) is 0 Å². The highest BCUT2D eigenvalue weighted by molar-refractivity contribution is 7.93. The largest absolute Gasteiger partial charge is 0.384 e. The van der Waals surface area contributed by atoms with Gasteiger partial charge in [-0.1, -0.05) is 0 Å². The van der Waals surface area contributed by atoms with Gasteiger partial charge < -0.3 is 9.47 Å². The maximum atomic E-state index is 12.4. The highest BCUT2D eigenvalue weighted by atomic mass is 32.2. The minimum atomic E-state index is -2.20. The summed E-state index contributed by atoms with van der Waals surface area (Å²) in [5.41, 5.74) is -0.279. The molecule has 0 N–H and O–H groups in total. The van der Waals surface area contributed by atoms with Crippen molar-refractivity contribution in [3.05, 3.63) is 0 Å². The van der Waals surface area contributed by atoms with E-state index < -0.39 is 9.73 Å². The average Bonchev–Trinajstić information content (AvgIpc) is 2.09. The van der Waals surface area contributed by atoms with Crippen LogP contribution in [0, 0.1) is 0 Å². The van der Waals surface area contributed by atoms with E-state index in [2.05, 4.69) is 4.36 Å². The lowest BCUT2D eigenvalue weighted by atomic mass is 10.1. The SMILES string of the molecule is COCCS(=O)(CCOC)=NC(C)(C)C. The van der Waals surface area contributed by atoms with Gasteiger partial charge in [-0.3, -0.25) is 0 Å². The molecular weight excluding hydrogens is 214 g/mol. The number of methoxy groups -OCH3 is 2. The third kappa shape index (κ3) is 7.76. The van der Waals surface area contributed by atoms with E-state index in [0.717, 1.165) is 0 Å². The van der Waals surface area contributed by atoms with E-state index in [-0.39, 0.29) is 5.54 Å². The first-order valence-electron chi connectivity index (χ1n) is 5.04. The lowest BCUT2D eigenvalue weighted by Gasteiger charge is -2.17. The molecule has 0 saturated heterocycles. The Bertz CT molecular complexity index is 261. The van der Waals surface area contributed by atoms with Crippen molar-refractivity contribution in [3.63, 3.8) is 0 Å². The Morgan fingerprint density at radius 1 is 1.07 bits per heavy atom. The molecule has 0 rings (SSSR count). The van der Waals surface area contributed by atoms with Crippen LogP contribution in [0.3, 0.4) is 0 Å². The summed E-state index contributed by atoms with van der Waals surface area (Å²) in [5.74, 6) is 0.953. The van der Waals surface area contributed by atoms with Crippen LogP contribution in [-0.4, -0.2) is 48.7 Å². The molecule has 0 aromatic rings. The number of ether oxygens (including phenoxy) is 2. The molecule has 0 atom stereocenters. The summed E-state index contributed by atoms with van der Waals surface area (Å²) in [4.78, 5) is 0. The van der Waals surface area contributed by atoms with Crippen molar-refractivity contribution in [2.75, 3.05) is 38.9 Å². The van der Waals surface area contributed by atoms with Gasteiger partial charge in [-0.2, -0.15) is 0 Å². The van der Waals surface area contributed by atoms with Gasteiger partial charge in [-0.05, 0) is 20.8 Å². The first-order valence-corrected chi connectivity index (χ1v) is 6.90. The van der Waals surface area contributed by atoms with Crippen molar-refractivity contribution in [2.24, 2.45) is 4.36 Å². The molecule has 0 fully saturated rings. The summed E-state index contributed by atoms with van der Waals surface area (Å²) in [6, 6.07) is 0. The van der Waals surface area contributed by atoms with Crippen LogP contribution in [-0.2, 0) is 19.2 Å². The van der Waals surface area contributed by atoms with Crippen LogP contribution >= 0.6 is 0 Å². The lowest BCUT2D eigenvalue weighted by Crippen LogP contribution is -2.23. The van der Waals surface area contributed by atoms with E-state index in [1.165, 1.54) is 0 Å². The van der Waals surface area contributed by atoms with Crippen LogP contribution < -0.4 is 0 Å². The fraction of sp³-hybridized carbons (Fsp3) is 1.00. The summed E-state index contributed by atoms with van der Waals surface area (Å²) in [6.07, 6.45) is 0. The molecule has 15 heavy (non-hydrogen) atoms. The fourth-order valence-corrected chi connectivity index (χ4v) is 3.36. The summed E-state index contributed by atoms with van der Waals surface area (Å²) in [6.45, 7) is 6.80. The standard InChI is InChI=1S/C10H23NO3S/c1-10(2,3)11-15(12,8-6-13-4)9-7-14-5/h6-9H2,1-5H3. The van der Waals surface area contributed by atoms with Crippen molar-refractivity contribution < 1.29 is 13.7 Å². The van der Waals surface area contributed by atoms with Gasteiger partial charge in [0.05, 0.1) is 40.0 Å². The van der Waals surface area contributed by atoms with E-state index in [1.807, 2.05) is 20.8 Å². The Labute approximate surface area is 93.5 Å². The van der Waals surface area contributed by atoms with Gasteiger partial charge in [0, 0.05) is 14.2 Å². The second kappa shape index (κ2) is 6.45. The minimum absolute atomic E-state index is 0.279. The second-order valence-electron chi connectivity index (χ2n) is 4.43. The topological polar surface area (TPSA) is 47.9 Å². The highest BCUT2D eigenvalue weighted by Crippen LogP contribution is 2.12. The first kappa shape index (κ1) is 14.9. The molecule has 0 aromatic heterocycles. The number of hydrogen-bond donors (Lipinski definition) is 0.